The second-order valence-corrected chi connectivity index (χ2v) is 9.05. The van der Waals surface area contributed by atoms with Gasteiger partial charge in [-0.3, -0.25) is 0 Å². The van der Waals surface area contributed by atoms with Gasteiger partial charge in [-0.25, -0.2) is 0 Å². The van der Waals surface area contributed by atoms with E-state index in [9.17, 15) is 20.2 Å². The summed E-state index contributed by atoms with van der Waals surface area (Å²) in [5, 5.41) is 19.3. The van der Waals surface area contributed by atoms with Gasteiger partial charge in [-0.1, -0.05) is 24.3 Å². The van der Waals surface area contributed by atoms with Crippen molar-refractivity contribution in [2.24, 2.45) is 35.3 Å². The molecule has 0 aliphatic heterocycles. The van der Waals surface area contributed by atoms with Gasteiger partial charge in [-0.05, 0) is 73.3 Å². The van der Waals surface area contributed by atoms with Crippen LogP contribution in [-0.4, -0.2) is 23.4 Å². The predicted octanol–water partition coefficient (Wildman–Crippen LogP) is 2.87. The third-order valence-electron chi connectivity index (χ3n) is 7.27. The summed E-state index contributed by atoms with van der Waals surface area (Å²) in [4.78, 5) is 30.0. The Hall–Kier alpha value is -2.42. The molecule has 0 amide bonds. The molecule has 0 spiro atoms. The Balaban J connectivity index is 1.51. The molecule has 4 fully saturated rings. The van der Waals surface area contributed by atoms with Gasteiger partial charge in [0.05, 0.1) is 0 Å². The Kier molecular flexibility index (Phi) is 5.33. The monoisotopic (exact) mass is 405 g/mol. The van der Waals surface area contributed by atoms with E-state index in [0.29, 0.717) is 18.3 Å². The summed E-state index contributed by atoms with van der Waals surface area (Å²) >= 11 is 0. The summed E-state index contributed by atoms with van der Waals surface area (Å²) in [6.45, 7) is -0.513. The molecular weight excluding hydrogens is 378 g/mol. The molecule has 0 radical (unpaired) electrons. The molecule has 1 aromatic carbocycles. The maximum atomic E-state index is 10.5. The second-order valence-electron chi connectivity index (χ2n) is 9.05. The molecule has 0 unspecified atom stereocenters. The minimum atomic E-state index is -0.890. The zero-order valence-corrected chi connectivity index (χ0v) is 16.3. The lowest BCUT2D eigenvalue weighted by molar-refractivity contribution is -0.768. The van der Waals surface area contributed by atoms with Crippen LogP contribution < -0.4 is 5.73 Å². The van der Waals surface area contributed by atoms with E-state index in [1.807, 2.05) is 12.1 Å². The Labute approximate surface area is 168 Å². The smallest absolute Gasteiger partial charge is 0.294 e. The molecule has 29 heavy (non-hydrogen) atoms. The van der Waals surface area contributed by atoms with Gasteiger partial charge in [0.1, 0.15) is 13.2 Å². The molecule has 2 N–H and O–H groups in total. The molecule has 158 valence electrons. The largest absolute Gasteiger partial charge is 0.321 e. The van der Waals surface area contributed by atoms with Gasteiger partial charge in [-0.15, -0.1) is 20.2 Å². The van der Waals surface area contributed by atoms with Crippen LogP contribution in [0.2, 0.25) is 0 Å². The fraction of sp³-hybridized carbons (Fsp3) is 0.700. The number of hydrogen-bond donors (Lipinski definition) is 1. The van der Waals surface area contributed by atoms with E-state index in [1.165, 1.54) is 32.1 Å². The van der Waals surface area contributed by atoms with Crippen LogP contribution in [0.3, 0.4) is 0 Å². The highest BCUT2D eigenvalue weighted by Crippen LogP contribution is 2.60. The molecule has 0 aromatic heterocycles. The Morgan fingerprint density at radius 3 is 2.07 bits per heavy atom. The van der Waals surface area contributed by atoms with Gasteiger partial charge in [0.15, 0.2) is 0 Å². The summed E-state index contributed by atoms with van der Waals surface area (Å²) < 4.78 is 0. The number of nitrogens with two attached hydrogens (primary N) is 1. The topological polar surface area (TPSA) is 131 Å². The summed E-state index contributed by atoms with van der Waals surface area (Å²) in [7, 11) is 0. The molecule has 5 rings (SSSR count). The summed E-state index contributed by atoms with van der Waals surface area (Å²) in [6, 6.07) is 8.05. The lowest BCUT2D eigenvalue weighted by Gasteiger charge is -2.60. The van der Waals surface area contributed by atoms with Crippen molar-refractivity contribution in [3.05, 3.63) is 55.6 Å². The van der Waals surface area contributed by atoms with E-state index in [4.69, 9.17) is 5.73 Å². The van der Waals surface area contributed by atoms with Crippen molar-refractivity contribution in [1.29, 1.82) is 0 Å². The fourth-order valence-corrected chi connectivity index (χ4v) is 6.23. The van der Waals surface area contributed by atoms with Gasteiger partial charge >= 0.3 is 0 Å². The van der Waals surface area contributed by atoms with Crippen LogP contribution in [0.4, 0.5) is 0 Å². The van der Waals surface area contributed by atoms with Crippen molar-refractivity contribution in [2.45, 2.75) is 44.1 Å². The second kappa shape index (κ2) is 7.78. The minimum Gasteiger partial charge on any atom is -0.321 e. The minimum absolute atomic E-state index is 0.257. The average Bonchev–Trinajstić information content (AvgIpc) is 2.67. The molecule has 4 saturated carbocycles. The summed E-state index contributed by atoms with van der Waals surface area (Å²) in [5.74, 6) is 2.13. The quantitative estimate of drug-likeness (QED) is 0.493. The number of hydrogen-bond acceptors (Lipinski definition) is 7. The molecule has 0 heterocycles. The molecule has 4 aliphatic carbocycles. The van der Waals surface area contributed by atoms with E-state index in [-0.39, 0.29) is 18.8 Å². The van der Waals surface area contributed by atoms with Gasteiger partial charge in [0, 0.05) is 11.5 Å². The maximum absolute atomic E-state index is 10.5. The van der Waals surface area contributed by atoms with Crippen LogP contribution in [0.5, 0.6) is 0 Å². The first-order valence-electron chi connectivity index (χ1n) is 10.3. The molecule has 9 nitrogen and oxygen atoms in total. The van der Waals surface area contributed by atoms with Gasteiger partial charge < -0.3 is 15.4 Å². The van der Waals surface area contributed by atoms with E-state index >= 15 is 0 Å². The first-order valence-corrected chi connectivity index (χ1v) is 10.3. The third-order valence-corrected chi connectivity index (χ3v) is 7.27. The number of benzene rings is 1. The predicted molar refractivity (Wildman–Crippen MR) is 102 cm³/mol. The van der Waals surface area contributed by atoms with Gasteiger partial charge in [0.25, 0.3) is 10.2 Å². The van der Waals surface area contributed by atoms with Crippen molar-refractivity contribution in [3.63, 3.8) is 0 Å². The van der Waals surface area contributed by atoms with Crippen molar-refractivity contribution in [2.75, 3.05) is 13.2 Å². The maximum Gasteiger partial charge on any atom is 0.294 e. The van der Waals surface area contributed by atoms with E-state index in [0.717, 1.165) is 23.0 Å². The fourth-order valence-electron chi connectivity index (χ4n) is 6.23. The van der Waals surface area contributed by atoms with Crippen LogP contribution in [0.15, 0.2) is 24.3 Å². The van der Waals surface area contributed by atoms with Crippen LogP contribution in [-0.2, 0) is 21.6 Å². The lowest BCUT2D eigenvalue weighted by Crippen LogP contribution is -2.60. The zero-order valence-electron chi connectivity index (χ0n) is 16.3. The first-order chi connectivity index (χ1) is 13.8. The first kappa shape index (κ1) is 19.9. The molecule has 1 aromatic rings. The van der Waals surface area contributed by atoms with Crippen LogP contribution in [0, 0.1) is 49.8 Å². The number of nitrogens with zero attached hydrogens (tertiary/aromatic N) is 2. The normalized spacial score (nSPS) is 32.3. The Morgan fingerprint density at radius 2 is 1.55 bits per heavy atom. The average molecular weight is 405 g/mol. The SMILES string of the molecule is NC1(c2cccc(CC(CO[N+](=O)[O-])CO[N+](=O)[O-])c2)C2CC3CC(C2)CC1C3. The van der Waals surface area contributed by atoms with Crippen molar-refractivity contribution in [1.82, 2.24) is 0 Å². The highest BCUT2D eigenvalue weighted by molar-refractivity contribution is 5.33. The van der Waals surface area contributed by atoms with E-state index in [2.05, 4.69) is 21.8 Å². The summed E-state index contributed by atoms with van der Waals surface area (Å²) in [6.07, 6.45) is 6.53. The van der Waals surface area contributed by atoms with Crippen LogP contribution >= 0.6 is 0 Å². The van der Waals surface area contributed by atoms with Crippen molar-refractivity contribution in [3.8, 4) is 0 Å². The van der Waals surface area contributed by atoms with Crippen LogP contribution in [0.25, 0.3) is 0 Å². The summed E-state index contributed by atoms with van der Waals surface area (Å²) in [5.41, 5.74) is 8.81. The molecule has 4 aliphatic rings. The number of rotatable bonds is 9. The lowest BCUT2D eigenvalue weighted by atomic mass is 9.47. The van der Waals surface area contributed by atoms with Crippen LogP contribution in [0.1, 0.15) is 43.2 Å². The highest BCUT2D eigenvalue weighted by atomic mass is 17.0. The molecule has 0 atom stereocenters. The standard InChI is InChI=1S/C20H27N3O6/c21-20(18-7-14-5-15(9-18)10-19(20)8-14)17-3-1-2-13(6-17)4-16(11-28-22(24)25)12-29-23(26)27/h1-3,6,14-16,18-19H,4-5,7-12,21H2. The highest BCUT2D eigenvalue weighted by Gasteiger charge is 2.55. The van der Waals surface area contributed by atoms with Gasteiger partial charge in [0.2, 0.25) is 0 Å². The molecule has 0 saturated heterocycles. The molecular formula is C20H27N3O6. The third kappa shape index (κ3) is 4.01. The van der Waals surface area contributed by atoms with Crippen molar-refractivity contribution < 1.29 is 19.8 Å². The Morgan fingerprint density at radius 1 is 1.00 bits per heavy atom. The van der Waals surface area contributed by atoms with E-state index in [1.54, 1.807) is 0 Å². The Bertz CT molecular complexity index is 739. The van der Waals surface area contributed by atoms with Gasteiger partial charge in [-0.2, -0.15) is 0 Å². The molecule has 4 bridgehead atoms. The zero-order chi connectivity index (χ0) is 20.6. The molecule has 9 heteroatoms. The van der Waals surface area contributed by atoms with E-state index < -0.39 is 16.1 Å². The van der Waals surface area contributed by atoms with Crippen molar-refractivity contribution >= 4 is 0 Å².